The highest BCUT2D eigenvalue weighted by Crippen LogP contribution is 2.35. The van der Waals surface area contributed by atoms with Gasteiger partial charge in [-0.25, -0.2) is 9.36 Å². The number of fused-ring (bicyclic) bond motifs is 6. The van der Waals surface area contributed by atoms with Gasteiger partial charge in [0.1, 0.15) is 11.5 Å². The lowest BCUT2D eigenvalue weighted by molar-refractivity contribution is 0.482. The smallest absolute Gasteiger partial charge is 0.129 e. The number of pyridine rings is 2. The third kappa shape index (κ3) is 5.78. The minimum Gasteiger partial charge on any atom is -0.457 e. The average molecular weight is 787 g/mol. The number of hydrogen-bond acceptors (Lipinski definition) is 5. The molecule has 0 spiro atoms. The molecule has 0 amide bonds. The molecule has 0 aliphatic carbocycles. The number of hydrogen-bond donors (Lipinski definition) is 0. The molecule has 6 heterocycles. The van der Waals surface area contributed by atoms with Crippen molar-refractivity contribution < 1.29 is 4.74 Å². The highest BCUT2D eigenvalue weighted by atomic mass is 16.5. The summed E-state index contributed by atoms with van der Waals surface area (Å²) in [6.45, 7) is 0. The Balaban J connectivity index is 0.806. The van der Waals surface area contributed by atoms with E-state index in [2.05, 4.69) is 118 Å². The third-order valence-electron chi connectivity index (χ3n) is 11.3. The van der Waals surface area contributed by atoms with Crippen LogP contribution in [0, 0.1) is 0 Å². The molecule has 288 valence electrons. The summed E-state index contributed by atoms with van der Waals surface area (Å²) >= 11 is 0. The molecule has 12 aromatic rings. The van der Waals surface area contributed by atoms with Gasteiger partial charge in [0.15, 0.2) is 0 Å². The molecule has 61 heavy (non-hydrogen) atoms. The maximum absolute atomic E-state index is 6.50. The molecule has 0 saturated heterocycles. The molecule has 12 rings (SSSR count). The van der Waals surface area contributed by atoms with Crippen LogP contribution in [0.3, 0.4) is 0 Å². The lowest BCUT2D eigenvalue weighted by Gasteiger charge is -2.13. The SMILES string of the molecule is c1cc(Oc2cccc(-n3nccc3-c3ccc(-n4c5ccccc5c5ncccc54)cc3)c2)cc(-n2nccc2-c2ccc(-n3c4ccccc4c4ncccc43)cc2)c1. The monoisotopic (exact) mass is 786 g/mol. The van der Waals surface area contributed by atoms with Crippen LogP contribution in [0.25, 0.3) is 89.1 Å². The lowest BCUT2D eigenvalue weighted by atomic mass is 10.1. The molecule has 0 aliphatic heterocycles. The fourth-order valence-corrected chi connectivity index (χ4v) is 8.63. The maximum atomic E-state index is 6.50. The van der Waals surface area contributed by atoms with Crippen molar-refractivity contribution in [1.29, 1.82) is 0 Å². The van der Waals surface area contributed by atoms with E-state index in [-0.39, 0.29) is 0 Å². The normalized spacial score (nSPS) is 11.6. The Hall–Kier alpha value is -8.56. The Kier molecular flexibility index (Phi) is 7.95. The second kappa shape index (κ2) is 14.1. The third-order valence-corrected chi connectivity index (χ3v) is 11.3. The van der Waals surface area contributed by atoms with Gasteiger partial charge in [0.25, 0.3) is 0 Å². The molecule has 0 aliphatic rings. The van der Waals surface area contributed by atoms with Crippen molar-refractivity contribution in [3.8, 4) is 56.8 Å². The van der Waals surface area contributed by atoms with Crippen LogP contribution in [0.5, 0.6) is 11.5 Å². The summed E-state index contributed by atoms with van der Waals surface area (Å²) in [4.78, 5) is 9.39. The number of benzene rings is 6. The van der Waals surface area contributed by atoms with Gasteiger partial charge in [-0.1, -0.05) is 72.8 Å². The van der Waals surface area contributed by atoms with Gasteiger partial charge in [-0.15, -0.1) is 0 Å². The molecule has 6 aromatic heterocycles. The number of nitrogens with zero attached hydrogens (tertiary/aromatic N) is 8. The molecule has 0 saturated carbocycles. The molecule has 6 aromatic carbocycles. The van der Waals surface area contributed by atoms with E-state index in [1.807, 2.05) is 107 Å². The highest BCUT2D eigenvalue weighted by molar-refractivity contribution is 6.08. The van der Waals surface area contributed by atoms with Crippen LogP contribution >= 0.6 is 0 Å². The van der Waals surface area contributed by atoms with Gasteiger partial charge in [-0.3, -0.25) is 9.97 Å². The van der Waals surface area contributed by atoms with Crippen LogP contribution in [-0.2, 0) is 0 Å². The molecule has 0 fully saturated rings. The zero-order valence-electron chi connectivity index (χ0n) is 32.6. The van der Waals surface area contributed by atoms with Crippen LogP contribution in [0.2, 0.25) is 0 Å². The van der Waals surface area contributed by atoms with Crippen LogP contribution < -0.4 is 4.74 Å². The van der Waals surface area contributed by atoms with E-state index in [1.165, 1.54) is 0 Å². The van der Waals surface area contributed by atoms with Crippen molar-refractivity contribution in [2.45, 2.75) is 0 Å². The van der Waals surface area contributed by atoms with E-state index in [0.717, 1.165) is 89.1 Å². The van der Waals surface area contributed by atoms with Crippen molar-refractivity contribution in [3.63, 3.8) is 0 Å². The largest absolute Gasteiger partial charge is 0.457 e. The van der Waals surface area contributed by atoms with E-state index in [1.54, 1.807) is 0 Å². The minimum atomic E-state index is 0.697. The Labute approximate surface area is 349 Å². The predicted octanol–water partition coefficient (Wildman–Crippen LogP) is 12.2. The number of ether oxygens (including phenoxy) is 1. The van der Waals surface area contributed by atoms with Gasteiger partial charge in [0.05, 0.1) is 68.3 Å². The molecule has 9 heteroatoms. The molecule has 0 bridgehead atoms. The van der Waals surface area contributed by atoms with E-state index in [0.29, 0.717) is 11.5 Å². The lowest BCUT2D eigenvalue weighted by Crippen LogP contribution is -2.01. The van der Waals surface area contributed by atoms with Crippen LogP contribution in [0.15, 0.2) is 207 Å². The van der Waals surface area contributed by atoms with E-state index in [4.69, 9.17) is 24.9 Å². The standard InChI is InChI=1S/C52H34N8O/c1-3-15-47-43(13-1)51-49(17-7-29-53-51)57(47)37-23-19-35(20-24-37)45-27-31-55-59(45)39-9-5-11-41(33-39)61-42-12-6-10-40(34-42)60-46(28-32-56-60)36-21-25-38(26-22-36)58-48-16-4-2-14-44(48)52-50(58)18-8-30-54-52/h1-34H. The first-order valence-electron chi connectivity index (χ1n) is 20.1. The second-order valence-electron chi connectivity index (χ2n) is 14.9. The molecule has 0 radical (unpaired) electrons. The zero-order chi connectivity index (χ0) is 40.3. The Morgan fingerprint density at radius 3 is 1.26 bits per heavy atom. The molecule has 0 N–H and O–H groups in total. The van der Waals surface area contributed by atoms with Crippen LogP contribution in [0.1, 0.15) is 0 Å². The Bertz CT molecular complexity index is 3230. The first-order valence-corrected chi connectivity index (χ1v) is 20.1. The molecule has 0 atom stereocenters. The quantitative estimate of drug-likeness (QED) is 0.153. The molecular formula is C52H34N8O. The first-order chi connectivity index (χ1) is 30.2. The topological polar surface area (TPSA) is 80.5 Å². The van der Waals surface area contributed by atoms with Gasteiger partial charge in [-0.2, -0.15) is 10.2 Å². The molecule has 0 unspecified atom stereocenters. The van der Waals surface area contributed by atoms with Gasteiger partial charge in [0.2, 0.25) is 0 Å². The van der Waals surface area contributed by atoms with E-state index < -0.39 is 0 Å². The fraction of sp³-hybridized carbons (Fsp3) is 0. The van der Waals surface area contributed by atoms with Crippen molar-refractivity contribution in [2.75, 3.05) is 0 Å². The summed E-state index contributed by atoms with van der Waals surface area (Å²) in [5.41, 5.74) is 14.4. The summed E-state index contributed by atoms with van der Waals surface area (Å²) in [7, 11) is 0. The molecular weight excluding hydrogens is 753 g/mol. The summed E-state index contributed by atoms with van der Waals surface area (Å²) in [6, 6.07) is 62.3. The fourth-order valence-electron chi connectivity index (χ4n) is 8.63. The van der Waals surface area contributed by atoms with Crippen molar-refractivity contribution in [3.05, 3.63) is 207 Å². The number of rotatable bonds is 8. The minimum absolute atomic E-state index is 0.697. The van der Waals surface area contributed by atoms with Gasteiger partial charge >= 0.3 is 0 Å². The average Bonchev–Trinajstić information content (AvgIpc) is 4.14. The highest BCUT2D eigenvalue weighted by Gasteiger charge is 2.16. The van der Waals surface area contributed by atoms with Crippen molar-refractivity contribution >= 4 is 43.9 Å². The van der Waals surface area contributed by atoms with Gasteiger partial charge in [0, 0.05) is 57.8 Å². The zero-order valence-corrected chi connectivity index (χ0v) is 32.6. The van der Waals surface area contributed by atoms with Gasteiger partial charge < -0.3 is 13.9 Å². The van der Waals surface area contributed by atoms with Crippen molar-refractivity contribution in [1.82, 2.24) is 38.7 Å². The predicted molar refractivity (Wildman–Crippen MR) is 242 cm³/mol. The molecule has 9 nitrogen and oxygen atoms in total. The maximum Gasteiger partial charge on any atom is 0.129 e. The van der Waals surface area contributed by atoms with E-state index in [9.17, 15) is 0 Å². The second-order valence-corrected chi connectivity index (χ2v) is 14.9. The number of para-hydroxylation sites is 2. The van der Waals surface area contributed by atoms with Crippen LogP contribution in [-0.4, -0.2) is 38.7 Å². The van der Waals surface area contributed by atoms with Gasteiger partial charge in [-0.05, 0) is 97.1 Å². The first kappa shape index (κ1) is 34.5. The number of aromatic nitrogens is 8. The summed E-state index contributed by atoms with van der Waals surface area (Å²) < 4.78 is 14.9. The Morgan fingerprint density at radius 1 is 0.344 bits per heavy atom. The van der Waals surface area contributed by atoms with Crippen molar-refractivity contribution in [2.24, 2.45) is 0 Å². The summed E-state index contributed by atoms with van der Waals surface area (Å²) in [6.07, 6.45) is 7.36. The Morgan fingerprint density at radius 2 is 0.787 bits per heavy atom. The van der Waals surface area contributed by atoms with Crippen LogP contribution in [0.4, 0.5) is 0 Å². The summed E-state index contributed by atoms with van der Waals surface area (Å²) in [5.74, 6) is 1.39. The van der Waals surface area contributed by atoms with E-state index >= 15 is 0 Å². The summed E-state index contributed by atoms with van der Waals surface area (Å²) in [5, 5.41) is 11.7.